The summed E-state index contributed by atoms with van der Waals surface area (Å²) in [5, 5.41) is 12.2. The molecule has 26 heavy (non-hydrogen) atoms. The highest BCUT2D eigenvalue weighted by molar-refractivity contribution is 6.33. The van der Waals surface area contributed by atoms with Crippen LogP contribution in [0.2, 0.25) is 5.02 Å². The summed E-state index contributed by atoms with van der Waals surface area (Å²) in [6, 6.07) is 10.8. The summed E-state index contributed by atoms with van der Waals surface area (Å²) in [6.07, 6.45) is -2.31. The maximum atomic E-state index is 12.4. The van der Waals surface area contributed by atoms with Gasteiger partial charge in [0, 0.05) is 16.8 Å². The molecule has 136 valence electrons. The van der Waals surface area contributed by atoms with E-state index in [-0.39, 0.29) is 0 Å². The number of carboxylic acid groups (broad SMARTS) is 1. The van der Waals surface area contributed by atoms with Crippen LogP contribution in [0.1, 0.15) is 29.2 Å². The molecule has 7 heteroatoms. The lowest BCUT2D eigenvalue weighted by atomic mass is 9.97. The van der Waals surface area contributed by atoms with Gasteiger partial charge < -0.3 is 19.9 Å². The average molecular weight is 376 g/mol. The molecule has 1 heterocycles. The van der Waals surface area contributed by atoms with Crippen molar-refractivity contribution in [1.29, 1.82) is 0 Å². The largest absolute Gasteiger partial charge is 0.495 e. The molecule has 0 bridgehead atoms. The van der Waals surface area contributed by atoms with Crippen molar-refractivity contribution in [3.05, 3.63) is 58.1 Å². The predicted molar refractivity (Wildman–Crippen MR) is 96.8 cm³/mol. The second-order valence-corrected chi connectivity index (χ2v) is 6.42. The molecule has 3 rings (SSSR count). The molecule has 6 nitrogen and oxygen atoms in total. The van der Waals surface area contributed by atoms with Gasteiger partial charge in [0.05, 0.1) is 18.6 Å². The number of ether oxygens (including phenoxy) is 2. The predicted octanol–water partition coefficient (Wildman–Crippen LogP) is 3.56. The van der Waals surface area contributed by atoms with Crippen molar-refractivity contribution in [2.75, 3.05) is 12.4 Å². The monoisotopic (exact) mass is 375 g/mol. The van der Waals surface area contributed by atoms with E-state index in [0.717, 1.165) is 5.56 Å². The van der Waals surface area contributed by atoms with Gasteiger partial charge in [-0.05, 0) is 19.1 Å². The number of carbonyl (C=O) groups is 2. The SMILES string of the molecule is COc1cccc(C2OC(CC(=O)O)C(=O)Nc3ccc(C)cc32)c1Cl. The van der Waals surface area contributed by atoms with Crippen molar-refractivity contribution in [1.82, 2.24) is 0 Å². The molecule has 2 aromatic rings. The fraction of sp³-hybridized carbons (Fsp3) is 0.263. The number of anilines is 1. The van der Waals surface area contributed by atoms with E-state index in [4.69, 9.17) is 26.2 Å². The van der Waals surface area contributed by atoms with Gasteiger partial charge in [-0.1, -0.05) is 41.4 Å². The zero-order valence-electron chi connectivity index (χ0n) is 14.3. The Hall–Kier alpha value is -2.57. The first kappa shape index (κ1) is 18.2. The Morgan fingerprint density at radius 3 is 2.77 bits per heavy atom. The van der Waals surface area contributed by atoms with E-state index < -0.39 is 30.5 Å². The quantitative estimate of drug-likeness (QED) is 0.853. The van der Waals surface area contributed by atoms with Crippen LogP contribution in [-0.4, -0.2) is 30.2 Å². The number of nitrogens with one attached hydrogen (secondary N) is 1. The normalized spacial score (nSPS) is 19.3. The van der Waals surface area contributed by atoms with Crippen LogP contribution in [0, 0.1) is 6.92 Å². The lowest BCUT2D eigenvalue weighted by Gasteiger charge is -2.23. The Labute approximate surface area is 155 Å². The van der Waals surface area contributed by atoms with Gasteiger partial charge in [-0.3, -0.25) is 9.59 Å². The third kappa shape index (κ3) is 3.52. The topological polar surface area (TPSA) is 84.9 Å². The Kier molecular flexibility index (Phi) is 5.15. The van der Waals surface area contributed by atoms with E-state index in [1.165, 1.54) is 7.11 Å². The van der Waals surface area contributed by atoms with Gasteiger partial charge in [-0.25, -0.2) is 0 Å². The number of hydrogen-bond acceptors (Lipinski definition) is 4. The third-order valence-electron chi connectivity index (χ3n) is 4.20. The summed E-state index contributed by atoms with van der Waals surface area (Å²) in [7, 11) is 1.51. The summed E-state index contributed by atoms with van der Waals surface area (Å²) < 4.78 is 11.2. The summed E-state index contributed by atoms with van der Waals surface area (Å²) in [5.41, 5.74) is 2.85. The van der Waals surface area contributed by atoms with E-state index in [2.05, 4.69) is 5.32 Å². The molecular weight excluding hydrogens is 358 g/mol. The van der Waals surface area contributed by atoms with E-state index in [1.807, 2.05) is 19.1 Å². The average Bonchev–Trinajstić information content (AvgIpc) is 2.72. The number of halogens is 1. The summed E-state index contributed by atoms with van der Waals surface area (Å²) in [4.78, 5) is 23.6. The minimum Gasteiger partial charge on any atom is -0.495 e. The van der Waals surface area contributed by atoms with Crippen molar-refractivity contribution in [2.45, 2.75) is 25.6 Å². The number of rotatable bonds is 4. The van der Waals surface area contributed by atoms with Crippen LogP contribution < -0.4 is 10.1 Å². The highest BCUT2D eigenvalue weighted by Crippen LogP contribution is 2.41. The zero-order valence-corrected chi connectivity index (χ0v) is 15.0. The zero-order chi connectivity index (χ0) is 18.8. The molecule has 2 atom stereocenters. The number of aliphatic carboxylic acids is 1. The molecule has 0 radical (unpaired) electrons. The first-order chi connectivity index (χ1) is 12.4. The standard InChI is InChI=1S/C19H18ClNO5/c1-10-6-7-13-12(8-10)18(11-4-3-5-14(25-2)17(11)20)26-15(9-16(22)23)19(24)21-13/h3-8,15,18H,9H2,1-2H3,(H,21,24)(H,22,23). The van der Waals surface area contributed by atoms with Crippen LogP contribution in [0.4, 0.5) is 5.69 Å². The Morgan fingerprint density at radius 1 is 1.31 bits per heavy atom. The smallest absolute Gasteiger partial charge is 0.306 e. The van der Waals surface area contributed by atoms with E-state index in [1.54, 1.807) is 24.3 Å². The molecule has 0 aromatic heterocycles. The van der Waals surface area contributed by atoms with Crippen LogP contribution in [0.3, 0.4) is 0 Å². The highest BCUT2D eigenvalue weighted by atomic mass is 35.5. The second kappa shape index (κ2) is 7.35. The molecule has 1 amide bonds. The number of carbonyl (C=O) groups excluding carboxylic acids is 1. The number of hydrogen-bond donors (Lipinski definition) is 2. The van der Waals surface area contributed by atoms with Crippen molar-refractivity contribution in [3.8, 4) is 5.75 Å². The molecule has 0 spiro atoms. The summed E-state index contributed by atoms with van der Waals surface area (Å²) >= 11 is 6.47. The Balaban J connectivity index is 2.15. The highest BCUT2D eigenvalue weighted by Gasteiger charge is 2.34. The molecule has 1 aliphatic rings. The van der Waals surface area contributed by atoms with Crippen LogP contribution in [0.25, 0.3) is 0 Å². The molecule has 2 aromatic carbocycles. The van der Waals surface area contributed by atoms with E-state index >= 15 is 0 Å². The Bertz CT molecular complexity index is 867. The van der Waals surface area contributed by atoms with Crippen molar-refractivity contribution in [3.63, 3.8) is 0 Å². The number of methoxy groups -OCH3 is 1. The molecule has 0 aliphatic carbocycles. The maximum absolute atomic E-state index is 12.4. The lowest BCUT2D eigenvalue weighted by molar-refractivity contribution is -0.146. The summed E-state index contributed by atoms with van der Waals surface area (Å²) in [6.45, 7) is 1.92. The number of amides is 1. The molecule has 0 fully saturated rings. The van der Waals surface area contributed by atoms with Crippen LogP contribution in [0.15, 0.2) is 36.4 Å². The van der Waals surface area contributed by atoms with E-state index in [0.29, 0.717) is 27.6 Å². The first-order valence-electron chi connectivity index (χ1n) is 8.01. The van der Waals surface area contributed by atoms with Gasteiger partial charge in [0.15, 0.2) is 0 Å². The molecule has 2 unspecified atom stereocenters. The molecule has 2 N–H and O–H groups in total. The van der Waals surface area contributed by atoms with Crippen LogP contribution >= 0.6 is 11.6 Å². The maximum Gasteiger partial charge on any atom is 0.306 e. The van der Waals surface area contributed by atoms with Crippen molar-refractivity contribution >= 4 is 29.2 Å². The van der Waals surface area contributed by atoms with Crippen LogP contribution in [-0.2, 0) is 14.3 Å². The molecule has 1 aliphatic heterocycles. The van der Waals surface area contributed by atoms with Gasteiger partial charge in [0.2, 0.25) is 0 Å². The fourth-order valence-corrected chi connectivity index (χ4v) is 3.26. The molecule has 0 saturated carbocycles. The van der Waals surface area contributed by atoms with E-state index in [9.17, 15) is 9.59 Å². The number of carboxylic acids is 1. The minimum atomic E-state index is -1.15. The van der Waals surface area contributed by atoms with Gasteiger partial charge in [-0.15, -0.1) is 0 Å². The number of benzene rings is 2. The van der Waals surface area contributed by atoms with Crippen molar-refractivity contribution in [2.24, 2.45) is 0 Å². The minimum absolute atomic E-state index is 0.357. The summed E-state index contributed by atoms with van der Waals surface area (Å²) in [5.74, 6) is -1.15. The van der Waals surface area contributed by atoms with Gasteiger partial charge in [0.1, 0.15) is 18.0 Å². The van der Waals surface area contributed by atoms with Gasteiger partial charge in [0.25, 0.3) is 5.91 Å². The fourth-order valence-electron chi connectivity index (χ4n) is 2.95. The number of aryl methyl sites for hydroxylation is 1. The molecule has 0 saturated heterocycles. The van der Waals surface area contributed by atoms with Gasteiger partial charge >= 0.3 is 5.97 Å². The first-order valence-corrected chi connectivity index (χ1v) is 8.39. The molecular formula is C19H18ClNO5. The third-order valence-corrected chi connectivity index (χ3v) is 4.60. The van der Waals surface area contributed by atoms with Crippen LogP contribution in [0.5, 0.6) is 5.75 Å². The Morgan fingerprint density at radius 2 is 2.08 bits per heavy atom. The van der Waals surface area contributed by atoms with Crippen molar-refractivity contribution < 1.29 is 24.2 Å². The second-order valence-electron chi connectivity index (χ2n) is 6.05. The number of fused-ring (bicyclic) bond motifs is 1. The van der Waals surface area contributed by atoms with Gasteiger partial charge in [-0.2, -0.15) is 0 Å². The lowest BCUT2D eigenvalue weighted by Crippen LogP contribution is -2.31.